The minimum absolute atomic E-state index is 0.0336. The van der Waals surface area contributed by atoms with Crippen molar-refractivity contribution in [2.45, 2.75) is 13.1 Å². The molecule has 2 nitrogen and oxygen atoms in total. The quantitative estimate of drug-likeness (QED) is 0.743. The Balaban J connectivity index is 3.71. The van der Waals surface area contributed by atoms with Crippen LogP contribution in [-0.4, -0.2) is 5.78 Å². The monoisotopic (exact) mass is 291 g/mol. The maximum Gasteiger partial charge on any atom is 0.418 e. The Morgan fingerprint density at radius 1 is 1.44 bits per heavy atom. The zero-order chi connectivity index (χ0) is 12.5. The molecule has 0 fully saturated rings. The van der Waals surface area contributed by atoms with E-state index < -0.39 is 28.6 Å². The predicted molar refractivity (Wildman–Crippen MR) is 53.9 cm³/mol. The van der Waals surface area contributed by atoms with Crippen LogP contribution >= 0.6 is 15.9 Å². The van der Waals surface area contributed by atoms with Crippen LogP contribution in [0, 0.1) is 11.3 Å². The Morgan fingerprint density at radius 3 is 2.38 bits per heavy atom. The van der Waals surface area contributed by atoms with Crippen LogP contribution in [0.1, 0.15) is 28.4 Å². The maximum atomic E-state index is 12.7. The van der Waals surface area contributed by atoms with E-state index in [0.29, 0.717) is 0 Å². The Bertz CT molecular complexity index is 488. The van der Waals surface area contributed by atoms with Crippen LogP contribution in [0.3, 0.4) is 0 Å². The first-order chi connectivity index (χ1) is 7.29. The summed E-state index contributed by atoms with van der Waals surface area (Å²) in [4.78, 5) is 11.2. The van der Waals surface area contributed by atoms with Gasteiger partial charge in [-0.2, -0.15) is 18.4 Å². The highest BCUT2D eigenvalue weighted by Gasteiger charge is 2.38. The molecule has 0 atom stereocenters. The second-order valence-corrected chi connectivity index (χ2v) is 3.87. The zero-order valence-electron chi connectivity index (χ0n) is 8.02. The number of alkyl halides is 3. The number of Topliss-reactive ketones (excluding diaryl/α,β-unsaturated/α-hetero) is 1. The first-order valence-electron chi connectivity index (χ1n) is 4.09. The number of rotatable bonds is 1. The number of nitriles is 1. The molecule has 16 heavy (non-hydrogen) atoms. The molecule has 0 unspecified atom stereocenters. The molecular formula is C10H5BrF3NO. The van der Waals surface area contributed by atoms with E-state index in [0.717, 1.165) is 13.0 Å². The minimum Gasteiger partial charge on any atom is -0.294 e. The fourth-order valence-electron chi connectivity index (χ4n) is 1.31. The van der Waals surface area contributed by atoms with Crippen molar-refractivity contribution in [3.05, 3.63) is 33.3 Å². The van der Waals surface area contributed by atoms with Gasteiger partial charge in [-0.1, -0.05) is 15.9 Å². The summed E-state index contributed by atoms with van der Waals surface area (Å²) in [7, 11) is 0. The standard InChI is InChI=1S/C10H5BrF3NO/c1-5(16)8-7(11)3-2-6(4-15)9(8)10(12,13)14/h2-3H,1H3. The summed E-state index contributed by atoms with van der Waals surface area (Å²) in [6, 6.07) is 3.71. The highest BCUT2D eigenvalue weighted by molar-refractivity contribution is 9.10. The lowest BCUT2D eigenvalue weighted by molar-refractivity contribution is -0.138. The molecule has 0 aliphatic rings. The van der Waals surface area contributed by atoms with Crippen molar-refractivity contribution in [3.63, 3.8) is 0 Å². The molecule has 1 rings (SSSR count). The third-order valence-corrected chi connectivity index (χ3v) is 2.57. The maximum absolute atomic E-state index is 12.7. The molecule has 1 aromatic carbocycles. The van der Waals surface area contributed by atoms with Crippen molar-refractivity contribution >= 4 is 21.7 Å². The Hall–Kier alpha value is -1.35. The van der Waals surface area contributed by atoms with Crippen molar-refractivity contribution in [1.82, 2.24) is 0 Å². The van der Waals surface area contributed by atoms with Gasteiger partial charge in [0, 0.05) is 10.0 Å². The summed E-state index contributed by atoms with van der Waals surface area (Å²) in [6.45, 7) is 1.02. The highest BCUT2D eigenvalue weighted by Crippen LogP contribution is 2.37. The summed E-state index contributed by atoms with van der Waals surface area (Å²) >= 11 is 2.87. The van der Waals surface area contributed by atoms with Crippen LogP contribution in [-0.2, 0) is 6.18 Å². The van der Waals surface area contributed by atoms with E-state index in [1.165, 1.54) is 12.1 Å². The Kier molecular flexibility index (Phi) is 3.38. The topological polar surface area (TPSA) is 40.9 Å². The molecule has 0 aliphatic heterocycles. The van der Waals surface area contributed by atoms with Crippen LogP contribution in [0.5, 0.6) is 0 Å². The van der Waals surface area contributed by atoms with Gasteiger partial charge in [-0.05, 0) is 19.1 Å². The number of carbonyl (C=O) groups excluding carboxylic acids is 1. The molecule has 0 heterocycles. The second kappa shape index (κ2) is 4.26. The minimum atomic E-state index is -4.73. The van der Waals surface area contributed by atoms with Crippen molar-refractivity contribution in [1.29, 1.82) is 5.26 Å². The molecule has 0 saturated carbocycles. The summed E-state index contributed by atoms with van der Waals surface area (Å²) < 4.78 is 38.2. The lowest BCUT2D eigenvalue weighted by Gasteiger charge is -2.13. The number of nitrogens with zero attached hydrogens (tertiary/aromatic N) is 1. The van der Waals surface area contributed by atoms with E-state index >= 15 is 0 Å². The third-order valence-electron chi connectivity index (χ3n) is 1.91. The normalized spacial score (nSPS) is 11.0. The fourth-order valence-corrected chi connectivity index (χ4v) is 1.92. The first kappa shape index (κ1) is 12.7. The molecular weight excluding hydrogens is 287 g/mol. The van der Waals surface area contributed by atoms with E-state index in [2.05, 4.69) is 15.9 Å². The average molecular weight is 292 g/mol. The van der Waals surface area contributed by atoms with Gasteiger partial charge < -0.3 is 0 Å². The van der Waals surface area contributed by atoms with Crippen molar-refractivity contribution in [3.8, 4) is 6.07 Å². The Labute approximate surface area is 97.8 Å². The first-order valence-corrected chi connectivity index (χ1v) is 4.89. The van der Waals surface area contributed by atoms with Gasteiger partial charge in [-0.3, -0.25) is 4.79 Å². The SMILES string of the molecule is CC(=O)c1c(Br)ccc(C#N)c1C(F)(F)F. The van der Waals surface area contributed by atoms with Crippen LogP contribution in [0.4, 0.5) is 13.2 Å². The summed E-state index contributed by atoms with van der Waals surface area (Å²) in [6.07, 6.45) is -4.73. The molecule has 0 N–H and O–H groups in total. The smallest absolute Gasteiger partial charge is 0.294 e. The predicted octanol–water partition coefficient (Wildman–Crippen LogP) is 3.54. The third kappa shape index (κ3) is 2.25. The average Bonchev–Trinajstić information content (AvgIpc) is 2.15. The molecule has 0 spiro atoms. The summed E-state index contributed by atoms with van der Waals surface area (Å²) in [5.41, 5.74) is -2.25. The van der Waals surface area contributed by atoms with Gasteiger partial charge in [-0.25, -0.2) is 0 Å². The van der Waals surface area contributed by atoms with E-state index in [-0.39, 0.29) is 4.47 Å². The second-order valence-electron chi connectivity index (χ2n) is 3.01. The van der Waals surface area contributed by atoms with Crippen LogP contribution in [0.15, 0.2) is 16.6 Å². The molecule has 0 aliphatic carbocycles. The van der Waals surface area contributed by atoms with Gasteiger partial charge in [0.15, 0.2) is 5.78 Å². The molecule has 6 heteroatoms. The van der Waals surface area contributed by atoms with E-state index in [1.54, 1.807) is 0 Å². The van der Waals surface area contributed by atoms with Crippen molar-refractivity contribution in [2.75, 3.05) is 0 Å². The molecule has 84 valence electrons. The highest BCUT2D eigenvalue weighted by atomic mass is 79.9. The molecule has 0 saturated heterocycles. The molecule has 0 radical (unpaired) electrons. The van der Waals surface area contributed by atoms with E-state index in [4.69, 9.17) is 5.26 Å². The van der Waals surface area contributed by atoms with Crippen molar-refractivity contribution < 1.29 is 18.0 Å². The Morgan fingerprint density at radius 2 is 2.00 bits per heavy atom. The van der Waals surface area contributed by atoms with Crippen molar-refractivity contribution in [2.24, 2.45) is 0 Å². The lowest BCUT2D eigenvalue weighted by atomic mass is 9.99. The fraction of sp³-hybridized carbons (Fsp3) is 0.200. The summed E-state index contributed by atoms with van der Waals surface area (Å²) in [5.74, 6) is -0.740. The van der Waals surface area contributed by atoms with Gasteiger partial charge in [0.05, 0.1) is 17.2 Å². The number of benzene rings is 1. The van der Waals surface area contributed by atoms with Crippen LogP contribution in [0.25, 0.3) is 0 Å². The van der Waals surface area contributed by atoms with Gasteiger partial charge in [0.25, 0.3) is 0 Å². The lowest BCUT2D eigenvalue weighted by Crippen LogP contribution is -2.14. The molecule has 0 bridgehead atoms. The molecule has 0 aromatic heterocycles. The largest absolute Gasteiger partial charge is 0.418 e. The van der Waals surface area contributed by atoms with E-state index in [9.17, 15) is 18.0 Å². The van der Waals surface area contributed by atoms with Gasteiger partial charge in [-0.15, -0.1) is 0 Å². The van der Waals surface area contributed by atoms with Crippen LogP contribution in [0.2, 0.25) is 0 Å². The number of ketones is 1. The molecule has 0 amide bonds. The van der Waals surface area contributed by atoms with Crippen LogP contribution < -0.4 is 0 Å². The number of hydrogen-bond acceptors (Lipinski definition) is 2. The molecule has 1 aromatic rings. The van der Waals surface area contributed by atoms with Gasteiger partial charge >= 0.3 is 6.18 Å². The van der Waals surface area contributed by atoms with E-state index in [1.807, 2.05) is 0 Å². The summed E-state index contributed by atoms with van der Waals surface area (Å²) in [5, 5.41) is 8.60. The van der Waals surface area contributed by atoms with Gasteiger partial charge in [0.1, 0.15) is 0 Å². The number of halogens is 4. The van der Waals surface area contributed by atoms with Gasteiger partial charge in [0.2, 0.25) is 0 Å². The number of hydrogen-bond donors (Lipinski definition) is 0. The zero-order valence-corrected chi connectivity index (χ0v) is 9.61. The number of carbonyl (C=O) groups is 1.